The van der Waals surface area contributed by atoms with Crippen molar-refractivity contribution in [3.63, 3.8) is 0 Å². The fourth-order valence-corrected chi connectivity index (χ4v) is 2.42. The van der Waals surface area contributed by atoms with E-state index in [1.54, 1.807) is 30.2 Å². The van der Waals surface area contributed by atoms with E-state index in [4.69, 9.17) is 10.5 Å². The number of hydrazine groups is 1. The van der Waals surface area contributed by atoms with Gasteiger partial charge in [0.2, 0.25) is 0 Å². The van der Waals surface area contributed by atoms with E-state index in [-0.39, 0.29) is 12.6 Å². The number of urea groups is 1. The number of nitrogens with zero attached hydrogens (tertiary/aromatic N) is 1. The monoisotopic (exact) mass is 318 g/mol. The number of piperidine rings is 1. The van der Waals surface area contributed by atoms with E-state index in [9.17, 15) is 9.59 Å². The molecule has 124 valence electrons. The van der Waals surface area contributed by atoms with Crippen molar-refractivity contribution in [2.75, 3.05) is 31.6 Å². The molecule has 2 amide bonds. The molecular weight excluding hydrogens is 296 g/mol. The summed E-state index contributed by atoms with van der Waals surface area (Å²) in [6.45, 7) is 2.45. The maximum Gasteiger partial charge on any atom is 0.333 e. The smallest absolute Gasteiger partial charge is 0.333 e. The molecule has 0 saturated carbocycles. The van der Waals surface area contributed by atoms with Crippen molar-refractivity contribution >= 4 is 17.7 Å². The zero-order valence-electron chi connectivity index (χ0n) is 13.0. The average Bonchev–Trinajstić information content (AvgIpc) is 2.56. The second-order valence-electron chi connectivity index (χ2n) is 5.39. The lowest BCUT2D eigenvalue weighted by atomic mass is 9.98. The molecule has 0 aromatic heterocycles. The molecule has 1 heterocycles. The van der Waals surface area contributed by atoms with Crippen LogP contribution in [0.2, 0.25) is 0 Å². The molecule has 0 aliphatic carbocycles. The van der Waals surface area contributed by atoms with Gasteiger partial charge in [0.05, 0.1) is 0 Å². The average molecular weight is 318 g/mol. The second-order valence-corrected chi connectivity index (χ2v) is 5.39. The fourth-order valence-electron chi connectivity index (χ4n) is 2.42. The highest BCUT2D eigenvalue weighted by molar-refractivity contribution is 5.89. The largest absolute Gasteiger partial charge is 0.489 e. The molecule has 0 spiro atoms. The van der Waals surface area contributed by atoms with Crippen LogP contribution in [0.4, 0.5) is 10.5 Å². The van der Waals surface area contributed by atoms with Gasteiger partial charge in [-0.2, -0.15) is 0 Å². The molecule has 0 unspecified atom stereocenters. The number of carbonyl (C=O) groups is 1. The lowest BCUT2D eigenvalue weighted by Crippen LogP contribution is -2.48. The van der Waals surface area contributed by atoms with Gasteiger partial charge in [-0.25, -0.2) is 14.6 Å². The van der Waals surface area contributed by atoms with Gasteiger partial charge in [-0.1, -0.05) is 6.07 Å². The SMILES string of the molecule is NCC1CCN(NC(=O)Nc2cccc(OCC=C=O)c2)CC1. The van der Waals surface area contributed by atoms with Crippen LogP contribution in [0.25, 0.3) is 0 Å². The number of nitrogens with two attached hydrogens (primary N) is 1. The number of nitrogens with one attached hydrogen (secondary N) is 2. The summed E-state index contributed by atoms with van der Waals surface area (Å²) in [5, 5.41) is 4.66. The van der Waals surface area contributed by atoms with Crippen LogP contribution in [0.3, 0.4) is 0 Å². The standard InChI is InChI=1S/C16H22N4O3/c17-12-13-5-7-20(8-6-13)19-16(22)18-14-3-1-4-15(11-14)23-10-2-9-21/h1-4,11,13H,5-8,10,12,17H2,(H2,18,19,22). The summed E-state index contributed by atoms with van der Waals surface area (Å²) in [5.41, 5.74) is 9.10. The van der Waals surface area contributed by atoms with Crippen LogP contribution in [-0.2, 0) is 4.79 Å². The third kappa shape index (κ3) is 5.75. The molecule has 23 heavy (non-hydrogen) atoms. The Balaban J connectivity index is 1.80. The minimum atomic E-state index is -0.291. The van der Waals surface area contributed by atoms with Crippen molar-refractivity contribution in [3.05, 3.63) is 30.3 Å². The third-order valence-electron chi connectivity index (χ3n) is 3.72. The third-order valence-corrected chi connectivity index (χ3v) is 3.72. The first kappa shape index (κ1) is 17.0. The van der Waals surface area contributed by atoms with E-state index >= 15 is 0 Å². The fraction of sp³-hybridized carbons (Fsp3) is 0.438. The van der Waals surface area contributed by atoms with Crippen molar-refractivity contribution in [3.8, 4) is 5.75 Å². The number of hydrogen-bond donors (Lipinski definition) is 3. The highest BCUT2D eigenvalue weighted by Gasteiger charge is 2.19. The van der Waals surface area contributed by atoms with Gasteiger partial charge >= 0.3 is 6.03 Å². The van der Waals surface area contributed by atoms with Crippen LogP contribution in [0.15, 0.2) is 30.3 Å². The van der Waals surface area contributed by atoms with E-state index in [1.807, 2.05) is 5.01 Å². The topological polar surface area (TPSA) is 96.7 Å². The summed E-state index contributed by atoms with van der Waals surface area (Å²) in [5.74, 6) is 2.76. The normalized spacial score (nSPS) is 15.5. The minimum Gasteiger partial charge on any atom is -0.489 e. The Morgan fingerprint density at radius 3 is 2.91 bits per heavy atom. The van der Waals surface area contributed by atoms with Gasteiger partial charge < -0.3 is 15.8 Å². The molecule has 1 saturated heterocycles. The van der Waals surface area contributed by atoms with Crippen LogP contribution in [0.5, 0.6) is 5.75 Å². The van der Waals surface area contributed by atoms with Crippen LogP contribution in [0, 0.1) is 5.92 Å². The molecule has 1 aromatic carbocycles. The lowest BCUT2D eigenvalue weighted by molar-refractivity contribution is 0.137. The molecule has 0 bridgehead atoms. The predicted molar refractivity (Wildman–Crippen MR) is 87.7 cm³/mol. The Hall–Kier alpha value is -2.34. The highest BCUT2D eigenvalue weighted by atomic mass is 16.5. The highest BCUT2D eigenvalue weighted by Crippen LogP contribution is 2.18. The van der Waals surface area contributed by atoms with Gasteiger partial charge in [0, 0.05) is 30.9 Å². The first-order valence-electron chi connectivity index (χ1n) is 7.66. The molecule has 0 atom stereocenters. The molecule has 0 radical (unpaired) electrons. The molecule has 1 aromatic rings. The predicted octanol–water partition coefficient (Wildman–Crippen LogP) is 1.16. The Labute approximate surface area is 135 Å². The van der Waals surface area contributed by atoms with Gasteiger partial charge in [-0.15, -0.1) is 0 Å². The number of ether oxygens (including phenoxy) is 1. The van der Waals surface area contributed by atoms with Gasteiger partial charge in [0.15, 0.2) is 0 Å². The summed E-state index contributed by atoms with van der Waals surface area (Å²) in [7, 11) is 0. The minimum absolute atomic E-state index is 0.148. The van der Waals surface area contributed by atoms with Gasteiger partial charge in [-0.05, 0) is 37.4 Å². The van der Waals surface area contributed by atoms with Crippen molar-refractivity contribution in [1.29, 1.82) is 0 Å². The number of amides is 2. The van der Waals surface area contributed by atoms with Gasteiger partial charge in [0.25, 0.3) is 0 Å². The van der Waals surface area contributed by atoms with E-state index in [0.717, 1.165) is 25.9 Å². The van der Waals surface area contributed by atoms with E-state index in [0.29, 0.717) is 23.9 Å². The number of benzene rings is 1. The van der Waals surface area contributed by atoms with E-state index in [1.165, 1.54) is 6.08 Å². The van der Waals surface area contributed by atoms with Crippen molar-refractivity contribution in [2.24, 2.45) is 11.7 Å². The molecule has 1 aliphatic heterocycles. The number of anilines is 1. The zero-order valence-corrected chi connectivity index (χ0v) is 13.0. The van der Waals surface area contributed by atoms with Crippen molar-refractivity contribution < 1.29 is 14.3 Å². The van der Waals surface area contributed by atoms with Crippen molar-refractivity contribution in [2.45, 2.75) is 12.8 Å². The Kier molecular flexibility index (Phi) is 6.62. The molecule has 7 heteroatoms. The Morgan fingerprint density at radius 2 is 2.22 bits per heavy atom. The molecular formula is C16H22N4O3. The lowest BCUT2D eigenvalue weighted by Gasteiger charge is -2.31. The summed E-state index contributed by atoms with van der Waals surface area (Å²) in [6.07, 6.45) is 3.23. The van der Waals surface area contributed by atoms with Crippen LogP contribution < -0.4 is 21.2 Å². The summed E-state index contributed by atoms with van der Waals surface area (Å²) >= 11 is 0. The number of carbonyl (C=O) groups excluding carboxylic acids is 2. The van der Waals surface area contributed by atoms with Crippen molar-refractivity contribution in [1.82, 2.24) is 10.4 Å². The summed E-state index contributed by atoms with van der Waals surface area (Å²) in [4.78, 5) is 22.1. The quantitative estimate of drug-likeness (QED) is 0.684. The first-order valence-corrected chi connectivity index (χ1v) is 7.66. The van der Waals surface area contributed by atoms with Gasteiger partial charge in [-0.3, -0.25) is 5.43 Å². The van der Waals surface area contributed by atoms with Crippen LogP contribution >= 0.6 is 0 Å². The van der Waals surface area contributed by atoms with E-state index in [2.05, 4.69) is 10.7 Å². The molecule has 1 aliphatic rings. The maximum atomic E-state index is 12.0. The second kappa shape index (κ2) is 8.95. The molecule has 7 nitrogen and oxygen atoms in total. The molecule has 1 fully saturated rings. The molecule has 2 rings (SSSR count). The van der Waals surface area contributed by atoms with E-state index < -0.39 is 0 Å². The Bertz CT molecular complexity index is 564. The maximum absolute atomic E-state index is 12.0. The van der Waals surface area contributed by atoms with Crippen LogP contribution in [-0.4, -0.2) is 43.2 Å². The van der Waals surface area contributed by atoms with Gasteiger partial charge in [0.1, 0.15) is 18.3 Å². The summed E-state index contributed by atoms with van der Waals surface area (Å²) < 4.78 is 5.33. The molecule has 4 N–H and O–H groups in total. The number of hydrogen-bond acceptors (Lipinski definition) is 5. The first-order chi connectivity index (χ1) is 11.2. The summed E-state index contributed by atoms with van der Waals surface area (Å²) in [6, 6.07) is 6.68. The van der Waals surface area contributed by atoms with Crippen LogP contribution in [0.1, 0.15) is 12.8 Å². The Morgan fingerprint density at radius 1 is 1.43 bits per heavy atom. The number of rotatable bonds is 6. The zero-order chi connectivity index (χ0) is 16.5.